The van der Waals surface area contributed by atoms with E-state index >= 15 is 0 Å². The van der Waals surface area contributed by atoms with E-state index in [0.717, 1.165) is 12.0 Å². The van der Waals surface area contributed by atoms with Crippen molar-refractivity contribution in [3.8, 4) is 11.5 Å². The molecule has 0 radical (unpaired) electrons. The van der Waals surface area contributed by atoms with Gasteiger partial charge >= 0.3 is 0 Å². The Morgan fingerprint density at radius 3 is 2.67 bits per heavy atom. The number of carbonyl (C=O) groups is 1. The minimum Gasteiger partial charge on any atom is -0.490 e. The molecule has 0 fully saturated rings. The van der Waals surface area contributed by atoms with Crippen molar-refractivity contribution in [2.24, 2.45) is 0 Å². The first kappa shape index (κ1) is 15.1. The lowest BCUT2D eigenvalue weighted by atomic mass is 10.2. The molecular weight excluding hydrogens is 268 g/mol. The van der Waals surface area contributed by atoms with Crippen LogP contribution >= 0.6 is 0 Å². The van der Waals surface area contributed by atoms with Crippen LogP contribution in [-0.4, -0.2) is 22.7 Å². The molecule has 2 rings (SSSR count). The number of aldehydes is 1. The van der Waals surface area contributed by atoms with Crippen molar-refractivity contribution in [2.45, 2.75) is 33.4 Å². The van der Waals surface area contributed by atoms with E-state index in [2.05, 4.69) is 18.9 Å². The second kappa shape index (κ2) is 6.92. The highest BCUT2D eigenvalue weighted by Crippen LogP contribution is 2.28. The van der Waals surface area contributed by atoms with Gasteiger partial charge in [-0.15, -0.1) is 0 Å². The van der Waals surface area contributed by atoms with E-state index < -0.39 is 0 Å². The lowest BCUT2D eigenvalue weighted by Crippen LogP contribution is -2.04. The van der Waals surface area contributed by atoms with Gasteiger partial charge in [0.15, 0.2) is 11.5 Å². The molecule has 0 aliphatic heterocycles. The summed E-state index contributed by atoms with van der Waals surface area (Å²) in [7, 11) is 0. The monoisotopic (exact) mass is 288 g/mol. The molecule has 0 aliphatic carbocycles. The van der Waals surface area contributed by atoms with Crippen molar-refractivity contribution in [3.05, 3.63) is 41.7 Å². The van der Waals surface area contributed by atoms with Crippen molar-refractivity contribution in [3.63, 3.8) is 0 Å². The molecule has 0 saturated heterocycles. The molecule has 1 aromatic heterocycles. The van der Waals surface area contributed by atoms with E-state index in [9.17, 15) is 4.79 Å². The van der Waals surface area contributed by atoms with Gasteiger partial charge in [0.2, 0.25) is 0 Å². The molecule has 112 valence electrons. The highest BCUT2D eigenvalue weighted by atomic mass is 16.5. The first-order valence-electron chi connectivity index (χ1n) is 7.03. The summed E-state index contributed by atoms with van der Waals surface area (Å²) in [5.41, 5.74) is 1.42. The zero-order valence-corrected chi connectivity index (χ0v) is 12.6. The van der Waals surface area contributed by atoms with Crippen molar-refractivity contribution in [1.29, 1.82) is 0 Å². The topological polar surface area (TPSA) is 53.4 Å². The Hall–Kier alpha value is -2.30. The van der Waals surface area contributed by atoms with Gasteiger partial charge in [-0.2, -0.15) is 5.10 Å². The molecule has 21 heavy (non-hydrogen) atoms. The van der Waals surface area contributed by atoms with Gasteiger partial charge < -0.3 is 9.47 Å². The van der Waals surface area contributed by atoms with Crippen LogP contribution in [0.2, 0.25) is 0 Å². The lowest BCUT2D eigenvalue weighted by Gasteiger charge is -2.11. The maximum atomic E-state index is 10.8. The molecule has 0 atom stereocenters. The Balaban J connectivity index is 2.09. The minimum absolute atomic E-state index is 0.324. The van der Waals surface area contributed by atoms with Crippen LogP contribution in [0.15, 0.2) is 30.5 Å². The molecule has 0 amide bonds. The van der Waals surface area contributed by atoms with Gasteiger partial charge in [-0.05, 0) is 45.0 Å². The minimum atomic E-state index is 0.324. The van der Waals surface area contributed by atoms with Crippen LogP contribution < -0.4 is 9.47 Å². The number of carbonyl (C=O) groups excluding carboxylic acids is 1. The predicted molar refractivity (Wildman–Crippen MR) is 79.9 cm³/mol. The van der Waals surface area contributed by atoms with Crippen LogP contribution in [0.4, 0.5) is 0 Å². The summed E-state index contributed by atoms with van der Waals surface area (Å²) in [5.74, 6) is 1.19. The van der Waals surface area contributed by atoms with Crippen LogP contribution in [-0.2, 0) is 6.61 Å². The molecule has 0 aliphatic rings. The van der Waals surface area contributed by atoms with Crippen molar-refractivity contribution in [1.82, 2.24) is 9.78 Å². The summed E-state index contributed by atoms with van der Waals surface area (Å²) >= 11 is 0. The van der Waals surface area contributed by atoms with Gasteiger partial charge in [-0.3, -0.25) is 9.48 Å². The molecule has 0 unspecified atom stereocenters. The van der Waals surface area contributed by atoms with E-state index in [1.165, 1.54) is 0 Å². The number of ether oxygens (including phenoxy) is 2. The van der Waals surface area contributed by atoms with Crippen LogP contribution in [0.5, 0.6) is 11.5 Å². The highest BCUT2D eigenvalue weighted by Gasteiger charge is 2.08. The molecule has 1 aromatic carbocycles. The number of hydrogen-bond donors (Lipinski definition) is 0. The summed E-state index contributed by atoms with van der Waals surface area (Å²) in [6.45, 7) is 6.91. The largest absolute Gasteiger partial charge is 0.490 e. The Morgan fingerprint density at radius 1 is 1.24 bits per heavy atom. The van der Waals surface area contributed by atoms with Gasteiger partial charge in [-0.25, -0.2) is 0 Å². The molecule has 2 aromatic rings. The molecule has 1 heterocycles. The van der Waals surface area contributed by atoms with E-state index in [1.807, 2.05) is 23.9 Å². The summed E-state index contributed by atoms with van der Waals surface area (Å²) in [6, 6.07) is 7.38. The number of rotatable bonds is 7. The molecule has 5 heteroatoms. The van der Waals surface area contributed by atoms with Crippen molar-refractivity contribution in [2.75, 3.05) is 6.61 Å². The zero-order valence-electron chi connectivity index (χ0n) is 12.6. The van der Waals surface area contributed by atoms with Crippen molar-refractivity contribution >= 4 is 6.29 Å². The molecule has 0 saturated carbocycles. The normalized spacial score (nSPS) is 10.7. The van der Waals surface area contributed by atoms with Crippen molar-refractivity contribution < 1.29 is 14.3 Å². The molecule has 0 N–H and O–H groups in total. The van der Waals surface area contributed by atoms with Gasteiger partial charge in [0.25, 0.3) is 0 Å². The Bertz CT molecular complexity index is 605. The van der Waals surface area contributed by atoms with Gasteiger partial charge in [0.1, 0.15) is 12.9 Å². The average molecular weight is 288 g/mol. The second-order valence-corrected chi connectivity index (χ2v) is 4.93. The van der Waals surface area contributed by atoms with E-state index in [0.29, 0.717) is 36.3 Å². The highest BCUT2D eigenvalue weighted by molar-refractivity contribution is 5.76. The summed E-state index contributed by atoms with van der Waals surface area (Å²) in [4.78, 5) is 10.8. The van der Waals surface area contributed by atoms with Crippen LogP contribution in [0, 0.1) is 0 Å². The lowest BCUT2D eigenvalue weighted by molar-refractivity contribution is 0.112. The number of nitrogens with zero attached hydrogens (tertiary/aromatic N) is 2. The fourth-order valence-electron chi connectivity index (χ4n) is 1.88. The van der Waals surface area contributed by atoms with Crippen LogP contribution in [0.3, 0.4) is 0 Å². The van der Waals surface area contributed by atoms with E-state index in [4.69, 9.17) is 9.47 Å². The Morgan fingerprint density at radius 2 is 2.05 bits per heavy atom. The molecule has 5 nitrogen and oxygen atoms in total. The maximum Gasteiger partial charge on any atom is 0.161 e. The number of hydrogen-bond acceptors (Lipinski definition) is 4. The smallest absolute Gasteiger partial charge is 0.161 e. The first-order chi connectivity index (χ1) is 10.1. The second-order valence-electron chi connectivity index (χ2n) is 4.93. The summed E-state index contributed by atoms with van der Waals surface area (Å²) < 4.78 is 13.1. The third kappa shape index (κ3) is 3.84. The standard InChI is InChI=1S/C16H20N2O3/c1-4-20-16-9-13(10-19)5-6-15(16)21-11-14-7-8-18(17-14)12(2)3/h5-10,12H,4,11H2,1-3H3. The van der Waals surface area contributed by atoms with E-state index in [1.54, 1.807) is 18.2 Å². The van der Waals surface area contributed by atoms with Gasteiger partial charge in [-0.1, -0.05) is 0 Å². The first-order valence-corrected chi connectivity index (χ1v) is 7.03. The molecule has 0 bridgehead atoms. The Kier molecular flexibility index (Phi) is 4.98. The SMILES string of the molecule is CCOc1cc(C=O)ccc1OCc1ccn(C(C)C)n1. The zero-order chi connectivity index (χ0) is 15.2. The van der Waals surface area contributed by atoms with Crippen LogP contribution in [0.1, 0.15) is 42.9 Å². The quantitative estimate of drug-likeness (QED) is 0.734. The fraction of sp³-hybridized carbons (Fsp3) is 0.375. The van der Waals surface area contributed by atoms with E-state index in [-0.39, 0.29) is 0 Å². The number of benzene rings is 1. The van der Waals surface area contributed by atoms with Crippen LogP contribution in [0.25, 0.3) is 0 Å². The number of aromatic nitrogens is 2. The predicted octanol–water partition coefficient (Wildman–Crippen LogP) is 3.25. The van der Waals surface area contributed by atoms with Gasteiger partial charge in [0.05, 0.1) is 12.3 Å². The summed E-state index contributed by atoms with van der Waals surface area (Å²) in [5, 5.41) is 4.43. The van der Waals surface area contributed by atoms with Gasteiger partial charge in [0, 0.05) is 17.8 Å². The average Bonchev–Trinajstić information content (AvgIpc) is 2.95. The maximum absolute atomic E-state index is 10.8. The summed E-state index contributed by atoms with van der Waals surface area (Å²) in [6.07, 6.45) is 2.72. The molecular formula is C16H20N2O3. The molecule has 0 spiro atoms. The third-order valence-corrected chi connectivity index (χ3v) is 2.97. The fourth-order valence-corrected chi connectivity index (χ4v) is 1.88. The Labute approximate surface area is 124 Å². The third-order valence-electron chi connectivity index (χ3n) is 2.97.